The molecule has 2 aromatic rings. The fourth-order valence-corrected chi connectivity index (χ4v) is 1.57. The van der Waals surface area contributed by atoms with Crippen molar-refractivity contribution in [3.05, 3.63) is 75.8 Å². The van der Waals surface area contributed by atoms with Gasteiger partial charge in [-0.2, -0.15) is 0 Å². The van der Waals surface area contributed by atoms with Crippen LogP contribution in [-0.2, 0) is 0 Å². The average Bonchev–Trinajstić information content (AvgIpc) is 2.47. The second kappa shape index (κ2) is 7.39. The van der Waals surface area contributed by atoms with Crippen molar-refractivity contribution in [3.63, 3.8) is 0 Å². The van der Waals surface area contributed by atoms with Crippen LogP contribution in [0.5, 0.6) is 0 Å². The molecule has 0 fully saturated rings. The summed E-state index contributed by atoms with van der Waals surface area (Å²) in [6.45, 7) is 0. The maximum absolute atomic E-state index is 12.1. The van der Waals surface area contributed by atoms with Crippen molar-refractivity contribution in [2.24, 2.45) is 0 Å². The number of rotatable bonds is 3. The highest BCUT2D eigenvalue weighted by Gasteiger charge is 2.19. The standard InChI is InChI=1S/C13H9NO3.CH2O3/c15-13(10-6-2-1-3-7-10)11-8-4-5-9-12(11)14(16)17;2-1(3)4/h1-9H;(H2,2,3,4). The van der Waals surface area contributed by atoms with Gasteiger partial charge in [0.15, 0.2) is 5.78 Å². The Kier molecular flexibility index (Phi) is 5.57. The van der Waals surface area contributed by atoms with Gasteiger partial charge >= 0.3 is 6.16 Å². The van der Waals surface area contributed by atoms with Crippen molar-refractivity contribution in [1.29, 1.82) is 0 Å². The molecule has 0 spiro atoms. The third-order valence-electron chi connectivity index (χ3n) is 2.38. The van der Waals surface area contributed by atoms with Crippen molar-refractivity contribution in [2.45, 2.75) is 0 Å². The molecule has 2 N–H and O–H groups in total. The van der Waals surface area contributed by atoms with Gasteiger partial charge < -0.3 is 10.2 Å². The first-order chi connectivity index (χ1) is 9.93. The Labute approximate surface area is 119 Å². The Morgan fingerprint density at radius 3 is 1.90 bits per heavy atom. The SMILES string of the molecule is O=C(O)O.O=C(c1ccccc1)c1ccccc1[N+](=O)[O-]. The van der Waals surface area contributed by atoms with E-state index in [1.54, 1.807) is 42.5 Å². The maximum Gasteiger partial charge on any atom is 0.503 e. The minimum absolute atomic E-state index is 0.115. The highest BCUT2D eigenvalue weighted by atomic mass is 16.6. The highest BCUT2D eigenvalue weighted by Crippen LogP contribution is 2.20. The predicted octanol–water partition coefficient (Wildman–Crippen LogP) is 3.05. The van der Waals surface area contributed by atoms with Crippen molar-refractivity contribution < 1.29 is 24.7 Å². The molecule has 0 saturated carbocycles. The molecule has 7 heteroatoms. The minimum atomic E-state index is -1.83. The smallest absolute Gasteiger partial charge is 0.450 e. The average molecular weight is 289 g/mol. The molecule has 0 aliphatic rings. The molecule has 0 radical (unpaired) electrons. The number of carbonyl (C=O) groups excluding carboxylic acids is 1. The van der Waals surface area contributed by atoms with Gasteiger partial charge in [-0.05, 0) is 6.07 Å². The summed E-state index contributed by atoms with van der Waals surface area (Å²) in [5.41, 5.74) is 0.395. The zero-order valence-corrected chi connectivity index (χ0v) is 10.7. The molecule has 0 heterocycles. The summed E-state index contributed by atoms with van der Waals surface area (Å²) in [6, 6.07) is 14.5. The quantitative estimate of drug-likeness (QED) is 0.509. The first-order valence-corrected chi connectivity index (χ1v) is 5.68. The molecular weight excluding hydrogens is 278 g/mol. The summed E-state index contributed by atoms with van der Waals surface area (Å²) in [5.74, 6) is -0.335. The molecule has 0 amide bonds. The topological polar surface area (TPSA) is 118 Å². The molecule has 2 rings (SSSR count). The van der Waals surface area contributed by atoms with Crippen LogP contribution in [0.25, 0.3) is 0 Å². The van der Waals surface area contributed by atoms with Crippen molar-refractivity contribution in [2.75, 3.05) is 0 Å². The lowest BCUT2D eigenvalue weighted by Crippen LogP contribution is -2.04. The van der Waals surface area contributed by atoms with Gasteiger partial charge in [0, 0.05) is 11.6 Å². The lowest BCUT2D eigenvalue weighted by atomic mass is 10.0. The number of nitro groups is 1. The molecule has 0 atom stereocenters. The molecule has 0 bridgehead atoms. The van der Waals surface area contributed by atoms with E-state index < -0.39 is 11.1 Å². The zero-order valence-electron chi connectivity index (χ0n) is 10.7. The first-order valence-electron chi connectivity index (χ1n) is 5.68. The lowest BCUT2D eigenvalue weighted by molar-refractivity contribution is -0.385. The van der Waals surface area contributed by atoms with Crippen LogP contribution in [0.2, 0.25) is 0 Å². The van der Waals surface area contributed by atoms with E-state index >= 15 is 0 Å². The predicted molar refractivity (Wildman–Crippen MR) is 73.6 cm³/mol. The molecule has 0 saturated heterocycles. The molecule has 0 aliphatic carbocycles. The number of carbonyl (C=O) groups is 2. The molecule has 0 aromatic heterocycles. The van der Waals surface area contributed by atoms with Crippen LogP contribution < -0.4 is 0 Å². The molecule has 0 aliphatic heterocycles. The number of hydrogen-bond acceptors (Lipinski definition) is 4. The fourth-order valence-electron chi connectivity index (χ4n) is 1.57. The van der Waals surface area contributed by atoms with Gasteiger partial charge in [-0.1, -0.05) is 42.5 Å². The molecule has 2 aromatic carbocycles. The number of nitro benzene ring substituents is 1. The summed E-state index contributed by atoms with van der Waals surface area (Å²) in [5, 5.41) is 24.8. The summed E-state index contributed by atoms with van der Waals surface area (Å²) in [4.78, 5) is 30.9. The number of nitrogens with zero attached hydrogens (tertiary/aromatic N) is 1. The Morgan fingerprint density at radius 2 is 1.38 bits per heavy atom. The van der Waals surface area contributed by atoms with Crippen LogP contribution in [-0.4, -0.2) is 27.1 Å². The van der Waals surface area contributed by atoms with E-state index in [9.17, 15) is 14.9 Å². The van der Waals surface area contributed by atoms with Crippen LogP contribution in [0.15, 0.2) is 54.6 Å². The largest absolute Gasteiger partial charge is 0.503 e. The minimum Gasteiger partial charge on any atom is -0.450 e. The Bertz CT molecular complexity index is 650. The zero-order chi connectivity index (χ0) is 15.8. The van der Waals surface area contributed by atoms with Gasteiger partial charge in [0.1, 0.15) is 5.56 Å². The van der Waals surface area contributed by atoms with Crippen LogP contribution >= 0.6 is 0 Å². The van der Waals surface area contributed by atoms with Gasteiger partial charge in [0.25, 0.3) is 5.69 Å². The van der Waals surface area contributed by atoms with Gasteiger partial charge in [-0.3, -0.25) is 14.9 Å². The Balaban J connectivity index is 0.000000491. The van der Waals surface area contributed by atoms with Crippen molar-refractivity contribution >= 4 is 17.6 Å². The number of benzene rings is 2. The number of ketones is 1. The summed E-state index contributed by atoms with van der Waals surface area (Å²) in [7, 11) is 0. The Morgan fingerprint density at radius 1 is 0.905 bits per heavy atom. The van der Waals surface area contributed by atoms with Crippen LogP contribution in [0.3, 0.4) is 0 Å². The summed E-state index contributed by atoms with van der Waals surface area (Å²) >= 11 is 0. The third-order valence-corrected chi connectivity index (χ3v) is 2.38. The van der Waals surface area contributed by atoms with Gasteiger partial charge in [0.05, 0.1) is 4.92 Å². The van der Waals surface area contributed by atoms with E-state index in [1.807, 2.05) is 0 Å². The van der Waals surface area contributed by atoms with Gasteiger partial charge in [0.2, 0.25) is 0 Å². The fraction of sp³-hybridized carbons (Fsp3) is 0. The normalized spacial score (nSPS) is 9.14. The second-order valence-electron chi connectivity index (χ2n) is 3.75. The molecule has 7 nitrogen and oxygen atoms in total. The number of para-hydroxylation sites is 1. The van der Waals surface area contributed by atoms with E-state index in [4.69, 9.17) is 15.0 Å². The number of hydrogen-bond donors (Lipinski definition) is 2. The van der Waals surface area contributed by atoms with E-state index in [0.717, 1.165) is 0 Å². The second-order valence-corrected chi connectivity index (χ2v) is 3.75. The molecule has 21 heavy (non-hydrogen) atoms. The highest BCUT2D eigenvalue weighted by molar-refractivity contribution is 6.11. The van der Waals surface area contributed by atoms with Crippen molar-refractivity contribution in [1.82, 2.24) is 0 Å². The third kappa shape index (κ3) is 4.75. The first kappa shape index (κ1) is 15.8. The van der Waals surface area contributed by atoms with Crippen LogP contribution in [0, 0.1) is 10.1 Å². The van der Waals surface area contributed by atoms with E-state index in [1.165, 1.54) is 12.1 Å². The summed E-state index contributed by atoms with van der Waals surface area (Å²) in [6.07, 6.45) is -1.83. The number of carboxylic acid groups (broad SMARTS) is 2. The van der Waals surface area contributed by atoms with E-state index in [0.29, 0.717) is 5.56 Å². The van der Waals surface area contributed by atoms with Crippen LogP contribution in [0.4, 0.5) is 10.5 Å². The maximum atomic E-state index is 12.1. The molecule has 108 valence electrons. The lowest BCUT2D eigenvalue weighted by Gasteiger charge is -2.01. The van der Waals surface area contributed by atoms with E-state index in [-0.39, 0.29) is 17.0 Å². The molecule has 0 unspecified atom stereocenters. The monoisotopic (exact) mass is 289 g/mol. The summed E-state index contributed by atoms with van der Waals surface area (Å²) < 4.78 is 0. The van der Waals surface area contributed by atoms with Crippen LogP contribution in [0.1, 0.15) is 15.9 Å². The van der Waals surface area contributed by atoms with Gasteiger partial charge in [-0.15, -0.1) is 0 Å². The van der Waals surface area contributed by atoms with Gasteiger partial charge in [-0.25, -0.2) is 4.79 Å². The van der Waals surface area contributed by atoms with E-state index in [2.05, 4.69) is 0 Å². The molecular formula is C14H11NO6. The van der Waals surface area contributed by atoms with Crippen molar-refractivity contribution in [3.8, 4) is 0 Å². The Hall–Kier alpha value is -3.22.